The zero-order valence-electron chi connectivity index (χ0n) is 18.6. The summed E-state index contributed by atoms with van der Waals surface area (Å²) in [6.07, 6.45) is 1.54. The number of halogens is 1. The van der Waals surface area contributed by atoms with Crippen LogP contribution >= 0.6 is 23.4 Å². The monoisotopic (exact) mass is 489 g/mol. The van der Waals surface area contributed by atoms with Crippen LogP contribution in [0, 0.1) is 6.92 Å². The summed E-state index contributed by atoms with van der Waals surface area (Å²) in [6, 6.07) is 11.3. The van der Waals surface area contributed by atoms with E-state index in [1.807, 2.05) is 38.1 Å². The second-order valence-corrected chi connectivity index (χ2v) is 8.51. The van der Waals surface area contributed by atoms with Crippen LogP contribution in [0.5, 0.6) is 11.5 Å². The highest BCUT2D eigenvalue weighted by atomic mass is 35.5. The van der Waals surface area contributed by atoms with Crippen LogP contribution in [0.3, 0.4) is 0 Å². The number of imide groups is 1. The van der Waals surface area contributed by atoms with Crippen molar-refractivity contribution < 1.29 is 28.6 Å². The number of thioether (sulfide) groups is 1. The molecule has 1 fully saturated rings. The maximum absolute atomic E-state index is 12.6. The molecule has 0 unspecified atom stereocenters. The maximum atomic E-state index is 12.6. The van der Waals surface area contributed by atoms with Gasteiger partial charge in [-0.3, -0.25) is 19.3 Å². The third-order valence-corrected chi connectivity index (χ3v) is 5.79. The minimum absolute atomic E-state index is 0.169. The molecular formula is C24H24ClNO6S. The smallest absolute Gasteiger partial charge is 0.326 e. The lowest BCUT2D eigenvalue weighted by Crippen LogP contribution is -2.34. The first-order valence-electron chi connectivity index (χ1n) is 10.4. The van der Waals surface area contributed by atoms with Gasteiger partial charge in [-0.25, -0.2) is 0 Å². The van der Waals surface area contributed by atoms with E-state index < -0.39 is 23.7 Å². The molecule has 0 bridgehead atoms. The number of carbonyl (C=O) groups excluding carboxylic acids is 3. The average Bonchev–Trinajstić information content (AvgIpc) is 3.02. The van der Waals surface area contributed by atoms with E-state index in [4.69, 9.17) is 25.8 Å². The molecule has 0 aromatic heterocycles. The lowest BCUT2D eigenvalue weighted by molar-refractivity contribution is -0.145. The molecule has 2 amide bonds. The summed E-state index contributed by atoms with van der Waals surface area (Å²) in [5.41, 5.74) is 2.70. The third kappa shape index (κ3) is 6.30. The summed E-state index contributed by atoms with van der Waals surface area (Å²) in [6.45, 7) is 5.95. The average molecular weight is 490 g/mol. The second kappa shape index (κ2) is 11.2. The van der Waals surface area contributed by atoms with Gasteiger partial charge in [0.2, 0.25) is 0 Å². The van der Waals surface area contributed by atoms with Crippen molar-refractivity contribution in [1.82, 2.24) is 4.90 Å². The molecule has 2 aromatic carbocycles. The fraction of sp³-hybridized carbons (Fsp3) is 0.292. The van der Waals surface area contributed by atoms with E-state index in [0.29, 0.717) is 35.3 Å². The lowest BCUT2D eigenvalue weighted by Gasteiger charge is -2.15. The van der Waals surface area contributed by atoms with Crippen LogP contribution in [-0.4, -0.2) is 41.8 Å². The molecule has 7 nitrogen and oxygen atoms in total. The van der Waals surface area contributed by atoms with Crippen molar-refractivity contribution in [3.63, 3.8) is 0 Å². The molecule has 2 aromatic rings. The quantitative estimate of drug-likeness (QED) is 0.352. The van der Waals surface area contributed by atoms with Gasteiger partial charge in [0.1, 0.15) is 13.2 Å². The van der Waals surface area contributed by atoms with Gasteiger partial charge in [0, 0.05) is 0 Å². The molecule has 9 heteroatoms. The summed E-state index contributed by atoms with van der Waals surface area (Å²) in [4.78, 5) is 37.6. The third-order valence-electron chi connectivity index (χ3n) is 4.60. The fourth-order valence-electron chi connectivity index (χ4n) is 3.04. The van der Waals surface area contributed by atoms with E-state index in [2.05, 4.69) is 0 Å². The van der Waals surface area contributed by atoms with Crippen molar-refractivity contribution in [1.29, 1.82) is 0 Å². The normalized spacial score (nSPS) is 14.7. The number of amides is 2. The van der Waals surface area contributed by atoms with Gasteiger partial charge in [0.25, 0.3) is 11.1 Å². The molecule has 1 aliphatic rings. The summed E-state index contributed by atoms with van der Waals surface area (Å²) >= 11 is 7.23. The Hall–Kier alpha value is -2.97. The van der Waals surface area contributed by atoms with E-state index in [-0.39, 0.29) is 11.5 Å². The number of benzene rings is 2. The number of nitrogens with zero attached hydrogens (tertiary/aromatic N) is 1. The molecule has 0 radical (unpaired) electrons. The Morgan fingerprint density at radius 1 is 1.09 bits per heavy atom. The van der Waals surface area contributed by atoms with Gasteiger partial charge in [0.05, 0.1) is 23.1 Å². The molecule has 1 heterocycles. The highest BCUT2D eigenvalue weighted by Crippen LogP contribution is 2.39. The van der Waals surface area contributed by atoms with Crippen molar-refractivity contribution in [2.45, 2.75) is 27.4 Å². The zero-order chi connectivity index (χ0) is 24.0. The Labute approximate surface area is 201 Å². The summed E-state index contributed by atoms with van der Waals surface area (Å²) in [5, 5.41) is -0.224. The predicted octanol–water partition coefficient (Wildman–Crippen LogP) is 5.23. The van der Waals surface area contributed by atoms with Crippen LogP contribution in [-0.2, 0) is 20.9 Å². The summed E-state index contributed by atoms with van der Waals surface area (Å²) < 4.78 is 16.5. The Balaban J connectivity index is 1.81. The van der Waals surface area contributed by atoms with Crippen LogP contribution in [0.4, 0.5) is 4.79 Å². The summed E-state index contributed by atoms with van der Waals surface area (Å²) in [5.74, 6) is -0.384. The molecular weight excluding hydrogens is 466 g/mol. The molecule has 174 valence electrons. The number of aryl methyl sites for hydroxylation is 1. The first-order chi connectivity index (χ1) is 15.8. The number of ether oxygens (including phenoxy) is 3. The lowest BCUT2D eigenvalue weighted by atomic mass is 10.1. The molecule has 3 rings (SSSR count). The highest BCUT2D eigenvalue weighted by Gasteiger charge is 2.36. The Morgan fingerprint density at radius 2 is 1.82 bits per heavy atom. The van der Waals surface area contributed by atoms with Gasteiger partial charge >= 0.3 is 5.97 Å². The molecule has 0 aliphatic carbocycles. The van der Waals surface area contributed by atoms with E-state index in [0.717, 1.165) is 27.8 Å². The minimum atomic E-state index is -0.641. The fourth-order valence-corrected chi connectivity index (χ4v) is 4.15. The summed E-state index contributed by atoms with van der Waals surface area (Å²) in [7, 11) is 0. The van der Waals surface area contributed by atoms with Crippen LogP contribution in [0.15, 0.2) is 41.3 Å². The predicted molar refractivity (Wildman–Crippen MR) is 127 cm³/mol. The second-order valence-electron chi connectivity index (χ2n) is 7.11. The molecule has 1 saturated heterocycles. The molecule has 33 heavy (non-hydrogen) atoms. The van der Waals surface area contributed by atoms with Crippen LogP contribution < -0.4 is 9.47 Å². The van der Waals surface area contributed by atoms with Crippen molar-refractivity contribution in [3.8, 4) is 11.5 Å². The van der Waals surface area contributed by atoms with E-state index in [1.165, 1.54) is 6.08 Å². The van der Waals surface area contributed by atoms with E-state index >= 15 is 0 Å². The van der Waals surface area contributed by atoms with Crippen LogP contribution in [0.1, 0.15) is 30.5 Å². The Morgan fingerprint density at radius 3 is 2.48 bits per heavy atom. The van der Waals surface area contributed by atoms with Crippen LogP contribution in [0.25, 0.3) is 6.08 Å². The number of hydrogen-bond donors (Lipinski definition) is 0. The molecule has 0 N–H and O–H groups in total. The van der Waals surface area contributed by atoms with Crippen molar-refractivity contribution >= 4 is 46.6 Å². The topological polar surface area (TPSA) is 82.1 Å². The van der Waals surface area contributed by atoms with Gasteiger partial charge in [-0.05, 0) is 61.9 Å². The first-order valence-corrected chi connectivity index (χ1v) is 11.6. The molecule has 0 atom stereocenters. The van der Waals surface area contributed by atoms with Gasteiger partial charge in [-0.15, -0.1) is 0 Å². The highest BCUT2D eigenvalue weighted by molar-refractivity contribution is 8.18. The van der Waals surface area contributed by atoms with Crippen molar-refractivity contribution in [2.75, 3.05) is 19.8 Å². The molecule has 1 aliphatic heterocycles. The number of carbonyl (C=O) groups is 3. The molecule has 0 saturated carbocycles. The number of hydrogen-bond acceptors (Lipinski definition) is 7. The van der Waals surface area contributed by atoms with E-state index in [9.17, 15) is 14.4 Å². The SMILES string of the molecule is CCOC(=O)CN1C(=O)S/C(=C\c2cc(Cl)c(OCc3ccc(C)cc3)c(OCC)c2)C1=O. The van der Waals surface area contributed by atoms with Gasteiger partial charge in [-0.2, -0.15) is 0 Å². The standard InChI is InChI=1S/C24H24ClNO6S/c1-4-30-19-11-17(10-18(25)22(19)32-14-16-8-6-15(3)7-9-16)12-20-23(28)26(24(29)33-20)13-21(27)31-5-2/h6-12H,4-5,13-14H2,1-3H3/b20-12-. The first kappa shape index (κ1) is 24.7. The van der Waals surface area contributed by atoms with Gasteiger partial charge < -0.3 is 14.2 Å². The number of esters is 1. The largest absolute Gasteiger partial charge is 0.490 e. The van der Waals surface area contributed by atoms with Gasteiger partial charge in [-0.1, -0.05) is 41.4 Å². The zero-order valence-corrected chi connectivity index (χ0v) is 20.1. The van der Waals surface area contributed by atoms with Gasteiger partial charge in [0.15, 0.2) is 11.5 Å². The Kier molecular flexibility index (Phi) is 8.41. The maximum Gasteiger partial charge on any atom is 0.326 e. The molecule has 0 spiro atoms. The minimum Gasteiger partial charge on any atom is -0.490 e. The van der Waals surface area contributed by atoms with Crippen LogP contribution in [0.2, 0.25) is 5.02 Å². The Bertz CT molecular complexity index is 1080. The van der Waals surface area contributed by atoms with Crippen molar-refractivity contribution in [2.24, 2.45) is 0 Å². The number of rotatable bonds is 9. The van der Waals surface area contributed by atoms with E-state index in [1.54, 1.807) is 19.1 Å². The van der Waals surface area contributed by atoms with Crippen molar-refractivity contribution in [3.05, 3.63) is 63.0 Å².